The molecule has 0 unspecified atom stereocenters. The molecule has 2 fully saturated rings. The number of carbonyl (C=O) groups is 1. The summed E-state index contributed by atoms with van der Waals surface area (Å²) in [5.74, 6) is 0.559. The fraction of sp³-hybridized carbons (Fsp3) is 0.435. The molecule has 2 saturated carbocycles. The summed E-state index contributed by atoms with van der Waals surface area (Å²) < 4.78 is 43.6. The minimum Gasteiger partial charge on any atom is -0.445 e. The standard InChI is InChI=1S/C23H24F3NO2/c24-23(25,26)18-6-8-19(9-7-18)27-21(28)29-20-12-15-22(20)13-10-17(11-14-22)16-4-2-1-3-5-16/h1-9,17,20H,10-15H2,(H,27,28)/t17?,20-,22?/m0/s1. The first-order valence-electron chi connectivity index (χ1n) is 10.1. The topological polar surface area (TPSA) is 38.3 Å². The summed E-state index contributed by atoms with van der Waals surface area (Å²) in [4.78, 5) is 12.3. The van der Waals surface area contributed by atoms with Crippen molar-refractivity contribution in [2.75, 3.05) is 5.32 Å². The lowest BCUT2D eigenvalue weighted by Gasteiger charge is -2.52. The molecule has 2 aliphatic carbocycles. The third-order valence-corrected chi connectivity index (χ3v) is 6.55. The van der Waals surface area contributed by atoms with E-state index in [1.54, 1.807) is 0 Å². The van der Waals surface area contributed by atoms with Crippen molar-refractivity contribution in [3.63, 3.8) is 0 Å². The zero-order valence-electron chi connectivity index (χ0n) is 16.0. The van der Waals surface area contributed by atoms with Gasteiger partial charge in [0.05, 0.1) is 5.56 Å². The Bertz CT molecular complexity index is 841. The second-order valence-electron chi connectivity index (χ2n) is 8.18. The van der Waals surface area contributed by atoms with Crippen LogP contribution in [0.15, 0.2) is 54.6 Å². The molecule has 1 amide bonds. The lowest BCUT2D eigenvalue weighted by Crippen LogP contribution is -2.49. The van der Waals surface area contributed by atoms with Crippen LogP contribution in [0.2, 0.25) is 0 Å². The predicted molar refractivity (Wildman–Crippen MR) is 105 cm³/mol. The van der Waals surface area contributed by atoms with E-state index in [0.717, 1.165) is 50.7 Å². The predicted octanol–water partition coefficient (Wildman–Crippen LogP) is 6.76. The van der Waals surface area contributed by atoms with E-state index in [9.17, 15) is 18.0 Å². The molecule has 2 aromatic rings. The number of hydrogen-bond donors (Lipinski definition) is 1. The van der Waals surface area contributed by atoms with Gasteiger partial charge in [0, 0.05) is 11.1 Å². The maximum atomic E-state index is 12.6. The van der Waals surface area contributed by atoms with Crippen molar-refractivity contribution < 1.29 is 22.7 Å². The number of nitrogens with one attached hydrogen (secondary N) is 1. The number of anilines is 1. The Morgan fingerprint density at radius 2 is 1.55 bits per heavy atom. The van der Waals surface area contributed by atoms with Crippen molar-refractivity contribution in [3.8, 4) is 0 Å². The summed E-state index contributed by atoms with van der Waals surface area (Å²) in [6, 6.07) is 14.9. The monoisotopic (exact) mass is 403 g/mol. The average molecular weight is 403 g/mol. The Morgan fingerprint density at radius 1 is 0.931 bits per heavy atom. The molecule has 2 aromatic carbocycles. The highest BCUT2D eigenvalue weighted by atomic mass is 19.4. The molecule has 0 radical (unpaired) electrons. The Kier molecular flexibility index (Phi) is 5.28. The van der Waals surface area contributed by atoms with Gasteiger partial charge in [-0.05, 0) is 74.3 Å². The molecule has 1 N–H and O–H groups in total. The van der Waals surface area contributed by atoms with Crippen LogP contribution < -0.4 is 5.32 Å². The second kappa shape index (κ2) is 7.73. The van der Waals surface area contributed by atoms with Gasteiger partial charge >= 0.3 is 12.3 Å². The van der Waals surface area contributed by atoms with Crippen LogP contribution in [0.3, 0.4) is 0 Å². The minimum absolute atomic E-state index is 0.0583. The van der Waals surface area contributed by atoms with Gasteiger partial charge in [0.15, 0.2) is 0 Å². The van der Waals surface area contributed by atoms with Crippen LogP contribution in [-0.2, 0) is 10.9 Å². The van der Waals surface area contributed by atoms with Gasteiger partial charge < -0.3 is 4.74 Å². The quantitative estimate of drug-likeness (QED) is 0.615. The maximum Gasteiger partial charge on any atom is 0.416 e. The number of benzene rings is 2. The molecule has 29 heavy (non-hydrogen) atoms. The Hall–Kier alpha value is -2.50. The molecule has 0 saturated heterocycles. The molecule has 1 atom stereocenters. The van der Waals surface area contributed by atoms with Crippen molar-refractivity contribution in [1.82, 2.24) is 0 Å². The molecule has 6 heteroatoms. The molecule has 4 rings (SSSR count). The average Bonchev–Trinajstić information content (AvgIpc) is 2.72. The maximum absolute atomic E-state index is 12.6. The number of ether oxygens (including phenoxy) is 1. The fourth-order valence-electron chi connectivity index (χ4n) is 4.70. The number of carbonyl (C=O) groups excluding carboxylic acids is 1. The number of hydrogen-bond acceptors (Lipinski definition) is 2. The number of halogens is 3. The van der Waals surface area contributed by atoms with Crippen LogP contribution in [-0.4, -0.2) is 12.2 Å². The van der Waals surface area contributed by atoms with Gasteiger partial charge in [-0.25, -0.2) is 4.79 Å². The largest absolute Gasteiger partial charge is 0.445 e. The number of amides is 1. The highest BCUT2D eigenvalue weighted by Gasteiger charge is 2.50. The van der Waals surface area contributed by atoms with E-state index < -0.39 is 17.8 Å². The second-order valence-corrected chi connectivity index (χ2v) is 8.18. The Morgan fingerprint density at radius 3 is 2.10 bits per heavy atom. The van der Waals surface area contributed by atoms with E-state index >= 15 is 0 Å². The van der Waals surface area contributed by atoms with Gasteiger partial charge in [0.25, 0.3) is 0 Å². The van der Waals surface area contributed by atoms with Crippen LogP contribution in [0.5, 0.6) is 0 Å². The van der Waals surface area contributed by atoms with Gasteiger partial charge in [-0.2, -0.15) is 13.2 Å². The Labute approximate surface area is 168 Å². The van der Waals surface area contributed by atoms with E-state index in [-0.39, 0.29) is 11.5 Å². The van der Waals surface area contributed by atoms with Crippen molar-refractivity contribution in [1.29, 1.82) is 0 Å². The van der Waals surface area contributed by atoms with Gasteiger partial charge in [-0.3, -0.25) is 5.32 Å². The molecule has 1 spiro atoms. The zero-order chi connectivity index (χ0) is 20.5. The van der Waals surface area contributed by atoms with Crippen LogP contribution >= 0.6 is 0 Å². The van der Waals surface area contributed by atoms with Crippen LogP contribution in [0.1, 0.15) is 55.6 Å². The van der Waals surface area contributed by atoms with E-state index in [0.29, 0.717) is 11.6 Å². The smallest absolute Gasteiger partial charge is 0.416 e. The van der Waals surface area contributed by atoms with E-state index in [1.807, 2.05) is 6.07 Å². The molecule has 2 aliphatic rings. The van der Waals surface area contributed by atoms with Crippen LogP contribution in [0, 0.1) is 5.41 Å². The first-order chi connectivity index (χ1) is 13.9. The molecule has 3 nitrogen and oxygen atoms in total. The van der Waals surface area contributed by atoms with E-state index in [4.69, 9.17) is 4.74 Å². The van der Waals surface area contributed by atoms with Gasteiger partial charge in [-0.15, -0.1) is 0 Å². The molecule has 0 aromatic heterocycles. The summed E-state index contributed by atoms with van der Waals surface area (Å²) in [7, 11) is 0. The molecule has 0 heterocycles. The van der Waals surface area contributed by atoms with Crippen molar-refractivity contribution in [2.45, 2.75) is 56.7 Å². The SMILES string of the molecule is O=C(Nc1ccc(C(F)(F)F)cc1)O[C@H]1CCC12CCC(c1ccccc1)CC2. The summed E-state index contributed by atoms with van der Waals surface area (Å²) in [5, 5.41) is 2.55. The molecular weight excluding hydrogens is 379 g/mol. The van der Waals surface area contributed by atoms with Gasteiger partial charge in [0.1, 0.15) is 6.10 Å². The first kappa shape index (κ1) is 19.8. The summed E-state index contributed by atoms with van der Waals surface area (Å²) in [5.41, 5.74) is 0.982. The first-order valence-corrected chi connectivity index (χ1v) is 10.1. The van der Waals surface area contributed by atoms with Crippen molar-refractivity contribution in [2.24, 2.45) is 5.41 Å². The Balaban J connectivity index is 1.30. The van der Waals surface area contributed by atoms with Crippen molar-refractivity contribution >= 4 is 11.8 Å². The molecule has 0 bridgehead atoms. The number of rotatable bonds is 3. The highest BCUT2D eigenvalue weighted by Crippen LogP contribution is 2.55. The third-order valence-electron chi connectivity index (χ3n) is 6.55. The highest BCUT2D eigenvalue weighted by molar-refractivity contribution is 5.84. The minimum atomic E-state index is -4.39. The van der Waals surface area contributed by atoms with Crippen LogP contribution in [0.4, 0.5) is 23.7 Å². The number of alkyl halides is 3. The lowest BCUT2D eigenvalue weighted by atomic mass is 9.56. The molecule has 0 aliphatic heterocycles. The van der Waals surface area contributed by atoms with Crippen molar-refractivity contribution in [3.05, 3.63) is 65.7 Å². The van der Waals surface area contributed by atoms with E-state index in [1.165, 1.54) is 17.7 Å². The third kappa shape index (κ3) is 4.26. The van der Waals surface area contributed by atoms with Gasteiger partial charge in [0.2, 0.25) is 0 Å². The fourth-order valence-corrected chi connectivity index (χ4v) is 4.70. The summed E-state index contributed by atoms with van der Waals surface area (Å²) >= 11 is 0. The van der Waals surface area contributed by atoms with Gasteiger partial charge in [-0.1, -0.05) is 30.3 Å². The lowest BCUT2D eigenvalue weighted by molar-refractivity contribution is -0.137. The summed E-state index contributed by atoms with van der Waals surface area (Å²) in [6.07, 6.45) is 1.04. The van der Waals surface area contributed by atoms with Crippen LogP contribution in [0.25, 0.3) is 0 Å². The molecular formula is C23H24F3NO2. The van der Waals surface area contributed by atoms with E-state index in [2.05, 4.69) is 29.6 Å². The normalized spacial score (nSPS) is 26.6. The molecule has 154 valence electrons. The zero-order valence-corrected chi connectivity index (χ0v) is 16.0. The summed E-state index contributed by atoms with van der Waals surface area (Å²) in [6.45, 7) is 0.